The number of hydrogen-bond acceptors (Lipinski definition) is 3. The molecular formula is C12H10NO3-. The van der Waals surface area contributed by atoms with Crippen LogP contribution in [0.25, 0.3) is 10.9 Å². The van der Waals surface area contributed by atoms with E-state index in [1.165, 1.54) is 11.5 Å². The van der Waals surface area contributed by atoms with Crippen LogP contribution in [-0.2, 0) is 11.2 Å². The van der Waals surface area contributed by atoms with Gasteiger partial charge in [0.05, 0.1) is 5.52 Å². The summed E-state index contributed by atoms with van der Waals surface area (Å²) in [6.07, 6.45) is 1.38. The van der Waals surface area contributed by atoms with E-state index in [1.54, 1.807) is 18.3 Å². The summed E-state index contributed by atoms with van der Waals surface area (Å²) in [6.45, 7) is 1.44. The van der Waals surface area contributed by atoms with Gasteiger partial charge in [0.15, 0.2) is 0 Å². The summed E-state index contributed by atoms with van der Waals surface area (Å²) in [5.41, 5.74) is 1.33. The lowest BCUT2D eigenvalue weighted by atomic mass is 10.1. The molecule has 2 aromatic rings. The Bertz CT molecular complexity index is 569. The minimum absolute atomic E-state index is 0.138. The third-order valence-electron chi connectivity index (χ3n) is 2.47. The van der Waals surface area contributed by atoms with E-state index in [4.69, 9.17) is 0 Å². The molecule has 0 atom stereocenters. The van der Waals surface area contributed by atoms with Crippen molar-refractivity contribution in [3.05, 3.63) is 36.0 Å². The largest absolute Gasteiger partial charge is 0.550 e. The average Bonchev–Trinajstić information content (AvgIpc) is 2.57. The van der Waals surface area contributed by atoms with Gasteiger partial charge in [0, 0.05) is 30.9 Å². The quantitative estimate of drug-likeness (QED) is 0.738. The van der Waals surface area contributed by atoms with Crippen molar-refractivity contribution in [3.63, 3.8) is 0 Å². The predicted molar refractivity (Wildman–Crippen MR) is 56.9 cm³/mol. The molecule has 4 nitrogen and oxygen atoms in total. The SMILES string of the molecule is CC(=O)n1cc(CC(=O)[O-])c2ccccc21. The number of rotatable bonds is 2. The standard InChI is InChI=1S/C12H11NO3/c1-8(14)13-7-9(6-12(15)16)10-4-2-3-5-11(10)13/h2-5,7H,6H2,1H3,(H,15,16)/p-1. The summed E-state index contributed by atoms with van der Waals surface area (Å²) in [7, 11) is 0. The highest BCUT2D eigenvalue weighted by Gasteiger charge is 2.10. The molecule has 16 heavy (non-hydrogen) atoms. The molecule has 4 heteroatoms. The molecule has 1 heterocycles. The Morgan fingerprint density at radius 1 is 1.31 bits per heavy atom. The second-order valence-electron chi connectivity index (χ2n) is 3.61. The summed E-state index contributed by atoms with van der Waals surface area (Å²) >= 11 is 0. The molecule has 82 valence electrons. The number of para-hydroxylation sites is 1. The number of carbonyl (C=O) groups excluding carboxylic acids is 2. The fraction of sp³-hybridized carbons (Fsp3) is 0.167. The lowest BCUT2D eigenvalue weighted by Crippen LogP contribution is -2.24. The summed E-state index contributed by atoms with van der Waals surface area (Å²) in [4.78, 5) is 21.9. The summed E-state index contributed by atoms with van der Waals surface area (Å²) in [5, 5.41) is 11.4. The zero-order chi connectivity index (χ0) is 11.7. The van der Waals surface area contributed by atoms with Crippen molar-refractivity contribution in [3.8, 4) is 0 Å². The van der Waals surface area contributed by atoms with Crippen LogP contribution in [-0.4, -0.2) is 16.4 Å². The van der Waals surface area contributed by atoms with Gasteiger partial charge in [-0.05, 0) is 11.6 Å². The average molecular weight is 216 g/mol. The van der Waals surface area contributed by atoms with Crippen LogP contribution in [0, 0.1) is 0 Å². The highest BCUT2D eigenvalue weighted by atomic mass is 16.4. The van der Waals surface area contributed by atoms with Crippen molar-refractivity contribution >= 4 is 22.8 Å². The van der Waals surface area contributed by atoms with E-state index in [2.05, 4.69) is 0 Å². The summed E-state index contributed by atoms with van der Waals surface area (Å²) in [5.74, 6) is -1.28. The molecule has 0 aliphatic rings. The van der Waals surface area contributed by atoms with Crippen LogP contribution in [0.15, 0.2) is 30.5 Å². The van der Waals surface area contributed by atoms with Gasteiger partial charge in [-0.15, -0.1) is 0 Å². The van der Waals surface area contributed by atoms with Gasteiger partial charge in [0.2, 0.25) is 5.91 Å². The second-order valence-corrected chi connectivity index (χ2v) is 3.61. The van der Waals surface area contributed by atoms with Crippen LogP contribution in [0.1, 0.15) is 17.3 Å². The molecule has 0 unspecified atom stereocenters. The van der Waals surface area contributed by atoms with Gasteiger partial charge in [-0.1, -0.05) is 18.2 Å². The molecule has 1 aromatic heterocycles. The Balaban J connectivity index is 2.66. The van der Waals surface area contributed by atoms with Crippen LogP contribution in [0.5, 0.6) is 0 Å². The smallest absolute Gasteiger partial charge is 0.227 e. The van der Waals surface area contributed by atoms with Crippen molar-refractivity contribution < 1.29 is 14.7 Å². The number of nitrogens with zero attached hydrogens (tertiary/aromatic N) is 1. The fourth-order valence-electron chi connectivity index (χ4n) is 1.81. The number of benzene rings is 1. The molecule has 0 saturated carbocycles. The van der Waals surface area contributed by atoms with Crippen molar-refractivity contribution in [2.45, 2.75) is 13.3 Å². The van der Waals surface area contributed by atoms with Crippen LogP contribution < -0.4 is 5.11 Å². The van der Waals surface area contributed by atoms with E-state index < -0.39 is 5.97 Å². The Kier molecular flexibility index (Phi) is 2.48. The lowest BCUT2D eigenvalue weighted by Gasteiger charge is -1.98. The summed E-state index contributed by atoms with van der Waals surface area (Å²) in [6, 6.07) is 7.21. The first kappa shape index (κ1) is 10.4. The molecule has 0 aliphatic heterocycles. The van der Waals surface area contributed by atoms with E-state index in [-0.39, 0.29) is 12.3 Å². The maximum absolute atomic E-state index is 11.4. The molecule has 0 N–H and O–H groups in total. The summed E-state index contributed by atoms with van der Waals surface area (Å²) < 4.78 is 1.45. The molecule has 1 aromatic carbocycles. The number of fused-ring (bicyclic) bond motifs is 1. The second kappa shape index (κ2) is 3.81. The Morgan fingerprint density at radius 2 is 2.00 bits per heavy atom. The third-order valence-corrected chi connectivity index (χ3v) is 2.47. The highest BCUT2D eigenvalue weighted by Crippen LogP contribution is 2.21. The van der Waals surface area contributed by atoms with Gasteiger partial charge in [-0.3, -0.25) is 9.36 Å². The van der Waals surface area contributed by atoms with Crippen LogP contribution >= 0.6 is 0 Å². The number of carboxylic acids is 1. The molecular weight excluding hydrogens is 206 g/mol. The molecule has 2 rings (SSSR count). The minimum Gasteiger partial charge on any atom is -0.550 e. The van der Waals surface area contributed by atoms with Crippen molar-refractivity contribution in [2.75, 3.05) is 0 Å². The van der Waals surface area contributed by atoms with Crippen LogP contribution in [0.3, 0.4) is 0 Å². The fourth-order valence-corrected chi connectivity index (χ4v) is 1.81. The van der Waals surface area contributed by atoms with Gasteiger partial charge in [-0.2, -0.15) is 0 Å². The van der Waals surface area contributed by atoms with Gasteiger partial charge in [0.25, 0.3) is 0 Å². The zero-order valence-corrected chi connectivity index (χ0v) is 8.77. The zero-order valence-electron chi connectivity index (χ0n) is 8.77. The van der Waals surface area contributed by atoms with Crippen molar-refractivity contribution in [1.29, 1.82) is 0 Å². The topological polar surface area (TPSA) is 62.1 Å². The first-order valence-electron chi connectivity index (χ1n) is 4.89. The van der Waals surface area contributed by atoms with Gasteiger partial charge >= 0.3 is 0 Å². The Labute approximate surface area is 92.1 Å². The Morgan fingerprint density at radius 3 is 2.62 bits per heavy atom. The predicted octanol–water partition coefficient (Wildman–Crippen LogP) is 0.594. The van der Waals surface area contributed by atoms with E-state index in [0.717, 1.165) is 10.9 Å². The third kappa shape index (κ3) is 1.69. The number of aromatic nitrogens is 1. The molecule has 0 amide bonds. The number of carbonyl (C=O) groups is 2. The van der Waals surface area contributed by atoms with Crippen molar-refractivity contribution in [1.82, 2.24) is 4.57 Å². The van der Waals surface area contributed by atoms with E-state index in [9.17, 15) is 14.7 Å². The molecule has 0 saturated heterocycles. The minimum atomic E-state index is -1.15. The number of hydrogen-bond donors (Lipinski definition) is 0. The van der Waals surface area contributed by atoms with Gasteiger partial charge in [0.1, 0.15) is 0 Å². The Hall–Kier alpha value is -2.10. The molecule has 0 spiro atoms. The molecule has 0 radical (unpaired) electrons. The van der Waals surface area contributed by atoms with E-state index >= 15 is 0 Å². The maximum atomic E-state index is 11.4. The lowest BCUT2D eigenvalue weighted by molar-refractivity contribution is -0.304. The highest BCUT2D eigenvalue weighted by molar-refractivity contribution is 5.94. The molecule has 0 fully saturated rings. The molecule has 0 bridgehead atoms. The van der Waals surface area contributed by atoms with Crippen LogP contribution in [0.4, 0.5) is 0 Å². The van der Waals surface area contributed by atoms with E-state index in [1.807, 2.05) is 12.1 Å². The van der Waals surface area contributed by atoms with Gasteiger partial charge < -0.3 is 9.90 Å². The number of carboxylic acid groups (broad SMARTS) is 1. The van der Waals surface area contributed by atoms with Gasteiger partial charge in [-0.25, -0.2) is 0 Å². The monoisotopic (exact) mass is 216 g/mol. The number of aliphatic carboxylic acids is 1. The van der Waals surface area contributed by atoms with E-state index in [0.29, 0.717) is 5.56 Å². The normalized spacial score (nSPS) is 10.6. The first-order chi connectivity index (χ1) is 7.59. The van der Waals surface area contributed by atoms with Crippen LogP contribution in [0.2, 0.25) is 0 Å². The van der Waals surface area contributed by atoms with Crippen molar-refractivity contribution in [2.24, 2.45) is 0 Å². The molecule has 0 aliphatic carbocycles. The maximum Gasteiger partial charge on any atom is 0.227 e. The first-order valence-corrected chi connectivity index (χ1v) is 4.89.